The highest BCUT2D eigenvalue weighted by atomic mass is 16.5. The van der Waals surface area contributed by atoms with Crippen LogP contribution in [-0.2, 0) is 39.9 Å². The Kier molecular flexibility index (Phi) is 22.6. The standard InChI is InChI=1S/C49H85N5O8/c1-16-34(7)44(53(13)48(60)42(31(2)3)51-47(59)43(32(4)5)52(12)26-24-33(6)30-49(9,10)11)39(61-14)29-40(55)54-25-20-23-38(54)45(62-15)35(8)46(58)50-37(28-41(56)57)27-36-21-18-17-19-22-36/h17-19,21-22,31-35,37-39,42-45H,16,20,23-30H2,1-15H3,(H,50,58)(H,51,59)(H,56,57)/p+1/t33-,34-,35+,37-,38-,39+,42-,43-,44-,45+/m0/s1. The third-order valence-electron chi connectivity index (χ3n) is 13.1. The van der Waals surface area contributed by atoms with Gasteiger partial charge in [0.1, 0.15) is 6.04 Å². The zero-order valence-electron chi connectivity index (χ0n) is 41.1. The third-order valence-corrected chi connectivity index (χ3v) is 13.1. The van der Waals surface area contributed by atoms with Crippen LogP contribution in [0.1, 0.15) is 127 Å². The number of nitrogens with zero attached hydrogens (tertiary/aromatic N) is 2. The molecule has 1 aromatic rings. The van der Waals surface area contributed by atoms with Crippen LogP contribution in [-0.4, -0.2) is 128 Å². The minimum absolute atomic E-state index is 0.00428. The summed E-state index contributed by atoms with van der Waals surface area (Å²) in [4.78, 5) is 73.1. The van der Waals surface area contributed by atoms with E-state index >= 15 is 0 Å². The van der Waals surface area contributed by atoms with E-state index in [0.29, 0.717) is 25.3 Å². The first-order valence-electron chi connectivity index (χ1n) is 23.3. The summed E-state index contributed by atoms with van der Waals surface area (Å²) in [5.41, 5.74) is 1.16. The number of amides is 4. The molecular formula is C49H86N5O8+. The number of likely N-dealkylation sites (tertiary alicyclic amines) is 1. The second-order valence-corrected chi connectivity index (χ2v) is 20.3. The first kappa shape index (κ1) is 54.6. The summed E-state index contributed by atoms with van der Waals surface area (Å²) in [6, 6.07) is 6.85. The molecule has 1 aliphatic heterocycles. The quantitative estimate of drug-likeness (QED) is 0.0984. The van der Waals surface area contributed by atoms with Crippen LogP contribution >= 0.6 is 0 Å². The van der Waals surface area contributed by atoms with Crippen LogP contribution in [0.5, 0.6) is 0 Å². The lowest BCUT2D eigenvalue weighted by molar-refractivity contribution is -0.900. The maximum Gasteiger partial charge on any atom is 0.305 e. The van der Waals surface area contributed by atoms with Gasteiger partial charge in [-0.05, 0) is 60.8 Å². The van der Waals surface area contributed by atoms with Crippen LogP contribution in [0.2, 0.25) is 0 Å². The van der Waals surface area contributed by atoms with E-state index in [1.165, 1.54) is 7.11 Å². The van der Waals surface area contributed by atoms with E-state index in [9.17, 15) is 29.1 Å². The van der Waals surface area contributed by atoms with Crippen molar-refractivity contribution in [2.75, 3.05) is 41.4 Å². The zero-order chi connectivity index (χ0) is 47.1. The van der Waals surface area contributed by atoms with Gasteiger partial charge in [-0.3, -0.25) is 24.0 Å². The number of aliphatic carboxylic acids is 1. The summed E-state index contributed by atoms with van der Waals surface area (Å²) in [6.45, 7) is 24.2. The maximum atomic E-state index is 14.6. The molecule has 0 saturated carbocycles. The van der Waals surface area contributed by atoms with Crippen LogP contribution in [0, 0.1) is 35.0 Å². The van der Waals surface area contributed by atoms with E-state index in [0.717, 1.165) is 42.7 Å². The Bertz CT molecular complexity index is 1550. The molecule has 11 atom stereocenters. The summed E-state index contributed by atoms with van der Waals surface area (Å²) in [7, 11) is 6.93. The molecule has 62 heavy (non-hydrogen) atoms. The summed E-state index contributed by atoms with van der Waals surface area (Å²) < 4.78 is 12.1. The molecule has 1 fully saturated rings. The van der Waals surface area contributed by atoms with Crippen LogP contribution in [0.3, 0.4) is 0 Å². The lowest BCUT2D eigenvalue weighted by Gasteiger charge is -2.41. The topological polar surface area (TPSA) is 159 Å². The van der Waals surface area contributed by atoms with Gasteiger partial charge in [0.15, 0.2) is 6.04 Å². The number of nitrogens with one attached hydrogen (secondary N) is 3. The van der Waals surface area contributed by atoms with Crippen molar-refractivity contribution in [2.24, 2.45) is 35.0 Å². The molecule has 1 unspecified atom stereocenters. The monoisotopic (exact) mass is 873 g/mol. The van der Waals surface area contributed by atoms with Gasteiger partial charge in [0.2, 0.25) is 17.7 Å². The van der Waals surface area contributed by atoms with Gasteiger partial charge in [-0.1, -0.05) is 113 Å². The predicted molar refractivity (Wildman–Crippen MR) is 245 cm³/mol. The van der Waals surface area contributed by atoms with Crippen molar-refractivity contribution in [1.82, 2.24) is 20.4 Å². The molecule has 1 aliphatic rings. The zero-order valence-corrected chi connectivity index (χ0v) is 41.1. The van der Waals surface area contributed by atoms with Gasteiger partial charge in [0, 0.05) is 39.8 Å². The Balaban J connectivity index is 2.27. The summed E-state index contributed by atoms with van der Waals surface area (Å²) in [6.07, 6.45) is 3.05. The number of ether oxygens (including phenoxy) is 2. The fourth-order valence-corrected chi connectivity index (χ4v) is 9.77. The molecular weight excluding hydrogens is 787 g/mol. The molecule has 4 N–H and O–H groups in total. The molecule has 0 aromatic heterocycles. The van der Waals surface area contributed by atoms with Crippen molar-refractivity contribution in [1.29, 1.82) is 0 Å². The number of hydrogen-bond donors (Lipinski definition) is 4. The lowest BCUT2D eigenvalue weighted by Crippen LogP contribution is -3.15. The smallest absolute Gasteiger partial charge is 0.305 e. The fourth-order valence-electron chi connectivity index (χ4n) is 9.77. The summed E-state index contributed by atoms with van der Waals surface area (Å²) >= 11 is 0. The number of carboxylic acid groups (broad SMARTS) is 1. The number of rotatable bonds is 26. The Morgan fingerprint density at radius 2 is 1.55 bits per heavy atom. The van der Waals surface area contributed by atoms with E-state index in [-0.39, 0.29) is 65.7 Å². The van der Waals surface area contributed by atoms with Crippen molar-refractivity contribution in [3.63, 3.8) is 0 Å². The third kappa shape index (κ3) is 16.5. The highest BCUT2D eigenvalue weighted by Gasteiger charge is 2.44. The predicted octanol–water partition coefficient (Wildman–Crippen LogP) is 5.25. The number of benzene rings is 1. The van der Waals surface area contributed by atoms with E-state index in [1.807, 2.05) is 51.1 Å². The average molecular weight is 873 g/mol. The van der Waals surface area contributed by atoms with Gasteiger partial charge in [0.05, 0.1) is 56.6 Å². The van der Waals surface area contributed by atoms with Crippen LogP contribution in [0.15, 0.2) is 30.3 Å². The van der Waals surface area contributed by atoms with Crippen molar-refractivity contribution in [3.8, 4) is 0 Å². The molecule has 0 aliphatic carbocycles. The van der Waals surface area contributed by atoms with Gasteiger partial charge >= 0.3 is 5.97 Å². The molecule has 0 radical (unpaired) electrons. The van der Waals surface area contributed by atoms with Crippen molar-refractivity contribution in [3.05, 3.63) is 35.9 Å². The first-order valence-corrected chi connectivity index (χ1v) is 23.3. The summed E-state index contributed by atoms with van der Waals surface area (Å²) in [5.74, 6) is -2.20. The minimum Gasteiger partial charge on any atom is -0.481 e. The highest BCUT2D eigenvalue weighted by Crippen LogP contribution is 2.30. The number of hydrogen-bond acceptors (Lipinski definition) is 7. The molecule has 1 aromatic carbocycles. The van der Waals surface area contributed by atoms with Gasteiger partial charge in [-0.25, -0.2) is 0 Å². The van der Waals surface area contributed by atoms with E-state index in [4.69, 9.17) is 9.47 Å². The molecule has 354 valence electrons. The maximum absolute atomic E-state index is 14.6. The van der Waals surface area contributed by atoms with E-state index in [1.54, 1.807) is 30.9 Å². The van der Waals surface area contributed by atoms with Crippen LogP contribution < -0.4 is 15.5 Å². The SMILES string of the molecule is CC[C@H](C)[C@@H]([C@@H](CC(=O)N1CCC[C@H]1[C@H](OC)[C@@H](C)C(=O)N[C@H](CC(=O)O)Cc1ccccc1)OC)N(C)C(=O)[C@@H](NC(=O)[C@H](C(C)C)[NH+](C)CC[C@H](C)CC(C)(C)C)C(C)C. The summed E-state index contributed by atoms with van der Waals surface area (Å²) in [5, 5.41) is 15.7. The molecule has 2 rings (SSSR count). The van der Waals surface area contributed by atoms with Crippen molar-refractivity contribution < 1.29 is 43.5 Å². The van der Waals surface area contributed by atoms with Gasteiger partial charge in [-0.2, -0.15) is 0 Å². The van der Waals surface area contributed by atoms with Crippen LogP contribution in [0.25, 0.3) is 0 Å². The number of carbonyl (C=O) groups excluding carboxylic acids is 4. The Labute approximate surface area is 374 Å². The minimum atomic E-state index is -1.01. The second-order valence-electron chi connectivity index (χ2n) is 20.3. The molecule has 4 amide bonds. The molecule has 1 heterocycles. The average Bonchev–Trinajstić information content (AvgIpc) is 3.67. The van der Waals surface area contributed by atoms with Crippen LogP contribution in [0.4, 0.5) is 0 Å². The number of likely N-dealkylation sites (N-methyl/N-ethyl adjacent to an activating group) is 2. The molecule has 1 saturated heterocycles. The van der Waals surface area contributed by atoms with Crippen molar-refractivity contribution in [2.45, 2.75) is 170 Å². The first-order chi connectivity index (χ1) is 29.0. The lowest BCUT2D eigenvalue weighted by atomic mass is 9.84. The highest BCUT2D eigenvalue weighted by molar-refractivity contribution is 5.90. The molecule has 0 bridgehead atoms. The second kappa shape index (κ2) is 25.7. The van der Waals surface area contributed by atoms with Crippen molar-refractivity contribution >= 4 is 29.6 Å². The van der Waals surface area contributed by atoms with Gasteiger partial charge in [-0.15, -0.1) is 0 Å². The molecule has 13 nitrogen and oxygen atoms in total. The number of carbonyl (C=O) groups is 5. The Hall–Kier alpha value is -3.55. The number of carboxylic acids is 1. The van der Waals surface area contributed by atoms with E-state index < -0.39 is 48.3 Å². The largest absolute Gasteiger partial charge is 0.481 e. The molecule has 0 spiro atoms. The van der Waals surface area contributed by atoms with Gasteiger partial charge in [0.25, 0.3) is 5.91 Å². The Morgan fingerprint density at radius 3 is 2.06 bits per heavy atom. The normalized spacial score (nSPS) is 19.4. The number of quaternary nitrogens is 1. The number of methoxy groups -OCH3 is 2. The molecule has 13 heteroatoms. The van der Waals surface area contributed by atoms with Gasteiger partial charge < -0.3 is 39.9 Å². The van der Waals surface area contributed by atoms with E-state index in [2.05, 4.69) is 66.1 Å². The Morgan fingerprint density at radius 1 is 0.919 bits per heavy atom. The fraction of sp³-hybridized carbons (Fsp3) is 0.776.